The molecule has 3 aromatic rings. The zero-order valence-electron chi connectivity index (χ0n) is 17.6. The maximum atomic E-state index is 12.9. The lowest BCUT2D eigenvalue weighted by Crippen LogP contribution is -2.32. The zero-order valence-corrected chi connectivity index (χ0v) is 17.6. The molecule has 2 N–H and O–H groups in total. The highest BCUT2D eigenvalue weighted by Gasteiger charge is 2.21. The van der Waals surface area contributed by atoms with Gasteiger partial charge in [0.15, 0.2) is 5.65 Å². The smallest absolute Gasteiger partial charge is 0.308 e. The third-order valence-electron chi connectivity index (χ3n) is 4.81. The number of aryl methyl sites for hydroxylation is 2. The number of H-pyrrole nitrogens is 1. The molecule has 3 rings (SSSR count). The fourth-order valence-electron chi connectivity index (χ4n) is 3.43. The summed E-state index contributed by atoms with van der Waals surface area (Å²) in [6, 6.07) is 10.2. The van der Waals surface area contributed by atoms with E-state index in [2.05, 4.69) is 15.4 Å². The molecule has 8 heteroatoms. The Morgan fingerprint density at radius 1 is 1.20 bits per heavy atom. The molecule has 0 spiro atoms. The normalized spacial score (nSPS) is 12.2. The van der Waals surface area contributed by atoms with Crippen molar-refractivity contribution in [2.45, 2.75) is 52.7 Å². The van der Waals surface area contributed by atoms with Crippen molar-refractivity contribution in [3.8, 4) is 0 Å². The molecular weight excluding hydrogens is 384 g/mol. The number of hydrogen-bond donors (Lipinski definition) is 2. The number of nitrogens with one attached hydrogen (secondary N) is 2. The summed E-state index contributed by atoms with van der Waals surface area (Å²) >= 11 is 0. The summed E-state index contributed by atoms with van der Waals surface area (Å²) in [5, 5.41) is 5.63. The Morgan fingerprint density at radius 2 is 1.90 bits per heavy atom. The Balaban J connectivity index is 1.81. The summed E-state index contributed by atoms with van der Waals surface area (Å²) in [5.74, 6) is -0.623. The molecule has 30 heavy (non-hydrogen) atoms. The minimum absolute atomic E-state index is 0.0358. The van der Waals surface area contributed by atoms with E-state index in [1.165, 1.54) is 6.07 Å². The van der Waals surface area contributed by atoms with Crippen LogP contribution < -0.4 is 10.9 Å². The highest BCUT2D eigenvalue weighted by molar-refractivity contribution is 5.80. The molecule has 0 aliphatic carbocycles. The van der Waals surface area contributed by atoms with Crippen LogP contribution in [0.3, 0.4) is 0 Å². The van der Waals surface area contributed by atoms with Gasteiger partial charge in [0.25, 0.3) is 5.56 Å². The number of esters is 1. The van der Waals surface area contributed by atoms with Gasteiger partial charge >= 0.3 is 5.97 Å². The van der Waals surface area contributed by atoms with Crippen LogP contribution in [-0.2, 0) is 20.7 Å². The maximum absolute atomic E-state index is 12.9. The van der Waals surface area contributed by atoms with Crippen LogP contribution in [0.2, 0.25) is 0 Å². The second kappa shape index (κ2) is 8.94. The minimum atomic E-state index is -0.506. The van der Waals surface area contributed by atoms with Crippen molar-refractivity contribution in [1.82, 2.24) is 19.9 Å². The van der Waals surface area contributed by atoms with E-state index in [4.69, 9.17) is 4.74 Å². The van der Waals surface area contributed by atoms with Crippen LogP contribution in [0.25, 0.3) is 5.65 Å². The van der Waals surface area contributed by atoms with E-state index in [0.29, 0.717) is 11.3 Å². The predicted molar refractivity (Wildman–Crippen MR) is 112 cm³/mol. The van der Waals surface area contributed by atoms with Crippen LogP contribution in [0, 0.1) is 13.8 Å². The van der Waals surface area contributed by atoms with Crippen LogP contribution in [0.1, 0.15) is 48.8 Å². The van der Waals surface area contributed by atoms with Gasteiger partial charge in [-0.05, 0) is 33.3 Å². The summed E-state index contributed by atoms with van der Waals surface area (Å²) in [6.07, 6.45) is -0.117. The van der Waals surface area contributed by atoms with Crippen LogP contribution in [-0.4, -0.2) is 32.6 Å². The molecule has 0 radical (unpaired) electrons. The highest BCUT2D eigenvalue weighted by atomic mass is 16.5. The van der Waals surface area contributed by atoms with Crippen LogP contribution >= 0.6 is 0 Å². The Bertz CT molecular complexity index is 1120. The lowest BCUT2D eigenvalue weighted by molar-refractivity contribution is -0.148. The highest BCUT2D eigenvalue weighted by Crippen LogP contribution is 2.19. The van der Waals surface area contributed by atoms with Crippen molar-refractivity contribution < 1.29 is 14.3 Å². The quantitative estimate of drug-likeness (QED) is 0.582. The van der Waals surface area contributed by atoms with Gasteiger partial charge in [-0.1, -0.05) is 30.3 Å². The molecule has 1 aromatic carbocycles. The number of benzene rings is 1. The van der Waals surface area contributed by atoms with Crippen molar-refractivity contribution >= 4 is 17.5 Å². The Hall–Kier alpha value is -3.42. The number of fused-ring (bicyclic) bond motifs is 1. The van der Waals surface area contributed by atoms with E-state index < -0.39 is 6.04 Å². The van der Waals surface area contributed by atoms with Crippen molar-refractivity contribution in [3.63, 3.8) is 0 Å². The number of aromatic nitrogens is 3. The van der Waals surface area contributed by atoms with E-state index in [0.717, 1.165) is 16.8 Å². The van der Waals surface area contributed by atoms with Crippen molar-refractivity contribution in [2.24, 2.45) is 0 Å². The number of carbonyl (C=O) groups is 2. The Labute approximate surface area is 174 Å². The third-order valence-corrected chi connectivity index (χ3v) is 4.81. The standard InChI is InChI=1S/C22H26N4O4/c1-13(2)30-22(29)11-18(16-8-6-5-7-9-16)24-20(27)10-17-14(3)23-19-12-21(28)25-26(19)15(17)4/h5-9,12-13,18H,10-11H2,1-4H3,(H,24,27)(H,25,28). The number of rotatable bonds is 7. The first-order valence-corrected chi connectivity index (χ1v) is 9.86. The zero-order chi connectivity index (χ0) is 21.8. The number of nitrogens with zero attached hydrogens (tertiary/aromatic N) is 2. The molecule has 0 aliphatic heterocycles. The lowest BCUT2D eigenvalue weighted by atomic mass is 10.0. The Kier molecular flexibility index (Phi) is 6.34. The van der Waals surface area contributed by atoms with Gasteiger partial charge in [0.2, 0.25) is 5.91 Å². The van der Waals surface area contributed by atoms with Gasteiger partial charge in [-0.3, -0.25) is 19.5 Å². The average Bonchev–Trinajstić information content (AvgIpc) is 3.05. The molecule has 0 saturated carbocycles. The first-order valence-electron chi connectivity index (χ1n) is 9.86. The number of carbonyl (C=O) groups excluding carboxylic acids is 2. The van der Waals surface area contributed by atoms with E-state index in [9.17, 15) is 14.4 Å². The van der Waals surface area contributed by atoms with Gasteiger partial charge in [0.05, 0.1) is 25.0 Å². The molecular formula is C22H26N4O4. The number of aromatic amines is 1. The van der Waals surface area contributed by atoms with E-state index >= 15 is 0 Å². The maximum Gasteiger partial charge on any atom is 0.308 e. The molecule has 1 atom stereocenters. The van der Waals surface area contributed by atoms with E-state index in [1.54, 1.807) is 18.4 Å². The molecule has 1 unspecified atom stereocenters. The first kappa shape index (κ1) is 21.3. The molecule has 2 heterocycles. The van der Waals surface area contributed by atoms with Gasteiger partial charge in [0, 0.05) is 23.0 Å². The van der Waals surface area contributed by atoms with E-state index in [-0.39, 0.29) is 36.4 Å². The van der Waals surface area contributed by atoms with Gasteiger partial charge in [-0.15, -0.1) is 0 Å². The second-order valence-corrected chi connectivity index (χ2v) is 7.53. The van der Waals surface area contributed by atoms with Gasteiger partial charge in [-0.2, -0.15) is 0 Å². The molecule has 8 nitrogen and oxygen atoms in total. The Morgan fingerprint density at radius 3 is 2.57 bits per heavy atom. The van der Waals surface area contributed by atoms with Crippen LogP contribution in [0.5, 0.6) is 0 Å². The first-order chi connectivity index (χ1) is 14.2. The summed E-state index contributed by atoms with van der Waals surface area (Å²) < 4.78 is 6.83. The fraction of sp³-hybridized carbons (Fsp3) is 0.364. The predicted octanol–water partition coefficient (Wildman–Crippen LogP) is 2.38. The topological polar surface area (TPSA) is 106 Å². The van der Waals surface area contributed by atoms with Gasteiger partial charge < -0.3 is 10.1 Å². The molecule has 158 valence electrons. The number of ether oxygens (including phenoxy) is 1. The van der Waals surface area contributed by atoms with Crippen LogP contribution in [0.4, 0.5) is 0 Å². The van der Waals surface area contributed by atoms with Crippen molar-refractivity contribution in [2.75, 3.05) is 0 Å². The molecule has 1 amide bonds. The molecule has 0 fully saturated rings. The van der Waals surface area contributed by atoms with E-state index in [1.807, 2.05) is 44.2 Å². The van der Waals surface area contributed by atoms with Gasteiger partial charge in [-0.25, -0.2) is 9.50 Å². The summed E-state index contributed by atoms with van der Waals surface area (Å²) in [5.41, 5.74) is 3.23. The molecule has 2 aromatic heterocycles. The average molecular weight is 410 g/mol. The van der Waals surface area contributed by atoms with Crippen LogP contribution in [0.15, 0.2) is 41.2 Å². The summed E-state index contributed by atoms with van der Waals surface area (Å²) in [7, 11) is 0. The molecule has 0 aliphatic rings. The molecule has 0 saturated heterocycles. The number of amides is 1. The SMILES string of the molecule is Cc1nc2cc(=O)[nH]n2c(C)c1CC(=O)NC(CC(=O)OC(C)C)c1ccccc1. The van der Waals surface area contributed by atoms with Crippen molar-refractivity contribution in [1.29, 1.82) is 0 Å². The minimum Gasteiger partial charge on any atom is -0.463 e. The molecule has 0 bridgehead atoms. The monoisotopic (exact) mass is 410 g/mol. The number of hydrogen-bond acceptors (Lipinski definition) is 5. The summed E-state index contributed by atoms with van der Waals surface area (Å²) in [4.78, 5) is 41.1. The lowest BCUT2D eigenvalue weighted by Gasteiger charge is -2.20. The largest absolute Gasteiger partial charge is 0.463 e. The fourth-order valence-corrected chi connectivity index (χ4v) is 3.43. The second-order valence-electron chi connectivity index (χ2n) is 7.53. The third kappa shape index (κ3) is 4.94. The summed E-state index contributed by atoms with van der Waals surface area (Å²) in [6.45, 7) is 7.21. The van der Waals surface area contributed by atoms with Crippen molar-refractivity contribution in [3.05, 3.63) is 69.3 Å². The van der Waals surface area contributed by atoms with Gasteiger partial charge in [0.1, 0.15) is 0 Å².